The number of likely N-dealkylation sites (tertiary alicyclic amines) is 1. The second kappa shape index (κ2) is 11.7. The minimum atomic E-state index is -0.0352. The lowest BCUT2D eigenvalue weighted by Crippen LogP contribution is -2.47. The van der Waals surface area contributed by atoms with Crippen LogP contribution in [0.25, 0.3) is 0 Å². The summed E-state index contributed by atoms with van der Waals surface area (Å²) in [5.41, 5.74) is 1.17. The maximum absolute atomic E-state index is 11.9. The molecule has 2 rings (SSSR count). The Kier molecular flexibility index (Phi) is 9.25. The predicted octanol–water partition coefficient (Wildman–Crippen LogP) is 1.87. The van der Waals surface area contributed by atoms with Crippen molar-refractivity contribution < 1.29 is 9.53 Å². The minimum Gasteiger partial charge on any atom is -0.489 e. The fourth-order valence-electron chi connectivity index (χ4n) is 3.42. The lowest BCUT2D eigenvalue weighted by Gasteiger charge is -2.24. The van der Waals surface area contributed by atoms with Crippen molar-refractivity contribution in [1.82, 2.24) is 20.4 Å². The van der Waals surface area contributed by atoms with Crippen LogP contribution < -0.4 is 15.4 Å². The van der Waals surface area contributed by atoms with Crippen LogP contribution in [0, 0.1) is 6.92 Å². The highest BCUT2D eigenvalue weighted by Crippen LogP contribution is 2.15. The Morgan fingerprint density at radius 1 is 1.38 bits per heavy atom. The summed E-state index contributed by atoms with van der Waals surface area (Å²) in [6.07, 6.45) is 2.39. The number of likely N-dealkylation sites (N-methyl/N-ethyl adjacent to an activating group) is 2. The summed E-state index contributed by atoms with van der Waals surface area (Å²) in [7, 11) is 3.49. The summed E-state index contributed by atoms with van der Waals surface area (Å²) in [6.45, 7) is 10.0. The van der Waals surface area contributed by atoms with E-state index in [-0.39, 0.29) is 18.6 Å². The highest BCUT2D eigenvalue weighted by atomic mass is 16.5. The summed E-state index contributed by atoms with van der Waals surface area (Å²) < 4.78 is 5.99. The number of aryl methyl sites for hydroxylation is 1. The second-order valence-corrected chi connectivity index (χ2v) is 7.88. The molecule has 7 heteroatoms. The molecule has 2 N–H and O–H groups in total. The Bertz CT molecular complexity index is 677. The van der Waals surface area contributed by atoms with Gasteiger partial charge in [-0.3, -0.25) is 9.69 Å². The number of ether oxygens (including phenoxy) is 1. The van der Waals surface area contributed by atoms with E-state index in [2.05, 4.69) is 40.4 Å². The molecule has 1 aliphatic heterocycles. The number of hydrogen-bond donors (Lipinski definition) is 2. The summed E-state index contributed by atoms with van der Waals surface area (Å²) in [6, 6.07) is 8.55. The molecule has 1 aromatic rings. The van der Waals surface area contributed by atoms with Crippen molar-refractivity contribution in [2.45, 2.75) is 45.8 Å². The quantitative estimate of drug-likeness (QED) is 0.487. The average Bonchev–Trinajstić information content (AvgIpc) is 3.14. The first-order valence-electron chi connectivity index (χ1n) is 10.6. The monoisotopic (exact) mass is 403 g/mol. The number of rotatable bonds is 9. The Balaban J connectivity index is 1.91. The summed E-state index contributed by atoms with van der Waals surface area (Å²) in [4.78, 5) is 20.5. The third kappa shape index (κ3) is 7.93. The molecule has 1 heterocycles. The van der Waals surface area contributed by atoms with Gasteiger partial charge in [0.25, 0.3) is 0 Å². The van der Waals surface area contributed by atoms with Crippen LogP contribution in [-0.2, 0) is 4.79 Å². The molecule has 1 fully saturated rings. The Labute approximate surface area is 175 Å². The zero-order chi connectivity index (χ0) is 21.2. The number of hydrogen-bond acceptors (Lipinski definition) is 4. The first-order chi connectivity index (χ1) is 13.9. The van der Waals surface area contributed by atoms with E-state index in [0.29, 0.717) is 18.5 Å². The van der Waals surface area contributed by atoms with Crippen LogP contribution in [0.2, 0.25) is 0 Å². The van der Waals surface area contributed by atoms with Crippen molar-refractivity contribution in [2.24, 2.45) is 4.99 Å². The molecule has 162 valence electrons. The minimum absolute atomic E-state index is 0.0220. The Hall–Kier alpha value is -2.28. The van der Waals surface area contributed by atoms with Crippen LogP contribution in [0.3, 0.4) is 0 Å². The predicted molar refractivity (Wildman–Crippen MR) is 119 cm³/mol. The molecule has 0 aromatic heterocycles. The maximum atomic E-state index is 11.9. The standard InChI is InChI=1S/C22H37N5O2/c1-6-27-12-8-10-19(27)15-24-22(25-16-21(28)26(4)5)23-14-18(3)29-20-11-7-9-17(2)13-20/h7,9,11,13,18-19H,6,8,10,12,14-16H2,1-5H3,(H2,23,24,25). The van der Waals surface area contributed by atoms with Gasteiger partial charge in [0.2, 0.25) is 5.91 Å². The Morgan fingerprint density at radius 3 is 2.86 bits per heavy atom. The Morgan fingerprint density at radius 2 is 2.17 bits per heavy atom. The van der Waals surface area contributed by atoms with E-state index in [1.54, 1.807) is 19.0 Å². The molecule has 0 bridgehead atoms. The van der Waals surface area contributed by atoms with E-state index in [9.17, 15) is 4.79 Å². The van der Waals surface area contributed by atoms with E-state index < -0.39 is 0 Å². The number of guanidine groups is 1. The fraction of sp³-hybridized carbons (Fsp3) is 0.636. The number of amides is 1. The van der Waals surface area contributed by atoms with Crippen LogP contribution in [-0.4, -0.2) is 80.6 Å². The number of nitrogens with one attached hydrogen (secondary N) is 2. The third-order valence-electron chi connectivity index (χ3n) is 5.17. The van der Waals surface area contributed by atoms with Crippen LogP contribution in [0.15, 0.2) is 29.3 Å². The molecule has 1 aliphatic rings. The molecule has 2 atom stereocenters. The van der Waals surface area contributed by atoms with Gasteiger partial charge in [0, 0.05) is 26.7 Å². The highest BCUT2D eigenvalue weighted by molar-refractivity contribution is 5.84. The van der Waals surface area contributed by atoms with E-state index in [1.807, 2.05) is 25.1 Å². The molecule has 1 amide bonds. The van der Waals surface area contributed by atoms with Crippen molar-refractivity contribution in [1.29, 1.82) is 0 Å². The average molecular weight is 404 g/mol. The van der Waals surface area contributed by atoms with Gasteiger partial charge in [-0.05, 0) is 57.5 Å². The fourth-order valence-corrected chi connectivity index (χ4v) is 3.42. The molecule has 0 spiro atoms. The lowest BCUT2D eigenvalue weighted by molar-refractivity contribution is -0.127. The van der Waals surface area contributed by atoms with E-state index in [1.165, 1.54) is 18.4 Å². The van der Waals surface area contributed by atoms with Crippen molar-refractivity contribution in [2.75, 3.05) is 46.8 Å². The molecule has 0 radical (unpaired) electrons. The molecular weight excluding hydrogens is 366 g/mol. The van der Waals surface area contributed by atoms with Gasteiger partial charge in [-0.15, -0.1) is 0 Å². The number of carbonyl (C=O) groups excluding carboxylic acids is 1. The smallest absolute Gasteiger partial charge is 0.243 e. The number of benzene rings is 1. The molecule has 2 unspecified atom stereocenters. The van der Waals surface area contributed by atoms with E-state index >= 15 is 0 Å². The summed E-state index contributed by atoms with van der Waals surface area (Å²) in [5.74, 6) is 1.49. The summed E-state index contributed by atoms with van der Waals surface area (Å²) in [5, 5.41) is 6.75. The van der Waals surface area contributed by atoms with Gasteiger partial charge >= 0.3 is 0 Å². The van der Waals surface area contributed by atoms with Gasteiger partial charge in [-0.2, -0.15) is 0 Å². The van der Waals surface area contributed by atoms with Gasteiger partial charge in [-0.1, -0.05) is 19.1 Å². The van der Waals surface area contributed by atoms with Gasteiger partial charge in [0.1, 0.15) is 18.4 Å². The normalized spacial score (nSPS) is 18.4. The van der Waals surface area contributed by atoms with Crippen LogP contribution in [0.5, 0.6) is 5.75 Å². The first kappa shape index (κ1) is 23.0. The third-order valence-corrected chi connectivity index (χ3v) is 5.17. The van der Waals surface area contributed by atoms with Gasteiger partial charge in [0.05, 0.1) is 6.54 Å². The second-order valence-electron chi connectivity index (χ2n) is 7.88. The van der Waals surface area contributed by atoms with Gasteiger partial charge < -0.3 is 20.3 Å². The van der Waals surface area contributed by atoms with Crippen molar-refractivity contribution in [3.63, 3.8) is 0 Å². The highest BCUT2D eigenvalue weighted by Gasteiger charge is 2.23. The van der Waals surface area contributed by atoms with E-state index in [0.717, 1.165) is 25.4 Å². The maximum Gasteiger partial charge on any atom is 0.243 e. The molecule has 1 aromatic carbocycles. The van der Waals surface area contributed by atoms with Crippen molar-refractivity contribution in [3.8, 4) is 5.75 Å². The zero-order valence-electron chi connectivity index (χ0n) is 18.6. The number of carbonyl (C=O) groups is 1. The molecule has 0 aliphatic carbocycles. The van der Waals surface area contributed by atoms with Crippen molar-refractivity contribution in [3.05, 3.63) is 29.8 Å². The molecule has 29 heavy (non-hydrogen) atoms. The van der Waals surface area contributed by atoms with Crippen LogP contribution in [0.4, 0.5) is 0 Å². The molecular formula is C22H37N5O2. The number of nitrogens with zero attached hydrogens (tertiary/aromatic N) is 3. The van der Waals surface area contributed by atoms with Gasteiger partial charge in [0.15, 0.2) is 5.96 Å². The SMILES string of the molecule is CCN1CCCC1CNC(=NCC(=O)N(C)C)NCC(C)Oc1cccc(C)c1. The zero-order valence-corrected chi connectivity index (χ0v) is 18.6. The molecule has 7 nitrogen and oxygen atoms in total. The molecule has 0 saturated carbocycles. The first-order valence-corrected chi connectivity index (χ1v) is 10.6. The topological polar surface area (TPSA) is 69.2 Å². The molecule has 1 saturated heterocycles. The summed E-state index contributed by atoms with van der Waals surface area (Å²) >= 11 is 0. The van der Waals surface area contributed by atoms with E-state index in [4.69, 9.17) is 4.74 Å². The van der Waals surface area contributed by atoms with Crippen LogP contribution >= 0.6 is 0 Å². The van der Waals surface area contributed by atoms with Gasteiger partial charge in [-0.25, -0.2) is 4.99 Å². The largest absolute Gasteiger partial charge is 0.489 e. The van der Waals surface area contributed by atoms with Crippen molar-refractivity contribution >= 4 is 11.9 Å². The number of aliphatic imine (C=N–C) groups is 1. The lowest BCUT2D eigenvalue weighted by atomic mass is 10.2. The van der Waals surface area contributed by atoms with Crippen LogP contribution in [0.1, 0.15) is 32.3 Å².